The Hall–Kier alpha value is -0.935. The monoisotopic (exact) mass is 269 g/mol. The van der Waals surface area contributed by atoms with E-state index in [0.717, 1.165) is 19.3 Å². The van der Waals surface area contributed by atoms with Crippen molar-refractivity contribution in [3.05, 3.63) is 0 Å². The van der Waals surface area contributed by atoms with Crippen LogP contribution in [0.15, 0.2) is 0 Å². The van der Waals surface area contributed by atoms with Crippen LogP contribution in [0.25, 0.3) is 0 Å². The number of urea groups is 1. The molecule has 0 aliphatic carbocycles. The summed E-state index contributed by atoms with van der Waals surface area (Å²) in [5, 5.41) is 8.87. The maximum Gasteiger partial charge on any atom is 0.328 e. The zero-order valence-corrected chi connectivity index (χ0v) is 12.2. The Morgan fingerprint density at radius 2 is 2.05 bits per heavy atom. The first-order valence-corrected chi connectivity index (χ1v) is 6.65. The van der Waals surface area contributed by atoms with Gasteiger partial charge in [-0.3, -0.25) is 0 Å². The lowest BCUT2D eigenvalue weighted by molar-refractivity contribution is -0.140. The Balaban J connectivity index is 0.000000621. The number of hydrogen-bond acceptors (Lipinski definition) is 2. The molecule has 1 aliphatic heterocycles. The molecule has 1 aliphatic rings. The maximum atomic E-state index is 11.6. The van der Waals surface area contributed by atoms with Gasteiger partial charge in [0.25, 0.3) is 0 Å². The highest BCUT2D eigenvalue weighted by Gasteiger charge is 2.38. The molecule has 101 valence electrons. The van der Waals surface area contributed by atoms with Crippen molar-refractivity contribution in [1.82, 2.24) is 9.80 Å². The smallest absolute Gasteiger partial charge is 0.328 e. The molecule has 0 bridgehead atoms. The van der Waals surface area contributed by atoms with Crippen LogP contribution in [-0.2, 0) is 4.79 Å². The van der Waals surface area contributed by atoms with E-state index in [-0.39, 0.29) is 6.03 Å². The molecule has 0 saturated carbocycles. The maximum absolute atomic E-state index is 11.6. The molecule has 1 N–H and O–H groups in total. The molecule has 1 heterocycles. The highest BCUT2D eigenvalue weighted by Crippen LogP contribution is 2.14. The minimum absolute atomic E-state index is 0.168. The van der Waals surface area contributed by atoms with Gasteiger partial charge in [-0.25, -0.2) is 9.59 Å². The van der Waals surface area contributed by atoms with Crippen molar-refractivity contribution in [3.63, 3.8) is 0 Å². The van der Waals surface area contributed by atoms with Gasteiger partial charge in [-0.15, -0.1) is 0 Å². The number of carboxylic acid groups (broad SMARTS) is 1. The van der Waals surface area contributed by atoms with Crippen LogP contribution < -0.4 is 0 Å². The van der Waals surface area contributed by atoms with Crippen LogP contribution in [0.2, 0.25) is 0 Å². The summed E-state index contributed by atoms with van der Waals surface area (Å²) in [6.45, 7) is 3.08. The van der Waals surface area contributed by atoms with Gasteiger partial charge in [0, 0.05) is 50.2 Å². The van der Waals surface area contributed by atoms with Crippen LogP contribution >= 0.6 is 0 Å². The average Bonchev–Trinajstić information content (AvgIpc) is 2.68. The van der Waals surface area contributed by atoms with Gasteiger partial charge < -0.3 is 14.9 Å². The van der Waals surface area contributed by atoms with E-state index in [0.29, 0.717) is 13.1 Å². The van der Waals surface area contributed by atoms with Crippen molar-refractivity contribution in [2.75, 3.05) is 20.1 Å². The molecular formula is C10H18B5N2O3. The Kier molecular flexibility index (Phi) is 9.43. The van der Waals surface area contributed by atoms with Gasteiger partial charge in [0.15, 0.2) is 0 Å². The molecule has 20 heavy (non-hydrogen) atoms. The first kappa shape index (κ1) is 19.1. The number of aliphatic carboxylic acids is 1. The number of hydrogen-bond donors (Lipinski definition) is 1. The van der Waals surface area contributed by atoms with Gasteiger partial charge in [-0.05, 0) is 6.42 Å². The van der Waals surface area contributed by atoms with Crippen molar-refractivity contribution >= 4 is 48.7 Å². The number of unbranched alkanes of at least 4 members (excludes halogenated alkanes) is 2. The van der Waals surface area contributed by atoms with Gasteiger partial charge >= 0.3 is 12.0 Å². The molecular weight excluding hydrogens is 250 g/mol. The number of amides is 2. The van der Waals surface area contributed by atoms with E-state index in [1.165, 1.54) is 12.0 Å². The average molecular weight is 268 g/mol. The van der Waals surface area contributed by atoms with Gasteiger partial charge in [0.2, 0.25) is 0 Å². The zero-order valence-electron chi connectivity index (χ0n) is 12.2. The lowest BCUT2D eigenvalue weighted by Crippen LogP contribution is -2.36. The molecule has 0 aromatic heterocycles. The van der Waals surface area contributed by atoms with Crippen molar-refractivity contribution in [3.8, 4) is 0 Å². The van der Waals surface area contributed by atoms with E-state index >= 15 is 0 Å². The lowest BCUT2D eigenvalue weighted by Gasteiger charge is -2.15. The fourth-order valence-electron chi connectivity index (χ4n) is 1.75. The molecule has 2 amide bonds. The first-order valence-electron chi connectivity index (χ1n) is 6.65. The van der Waals surface area contributed by atoms with Gasteiger partial charge in [0.05, 0.1) is 6.54 Å². The molecule has 5 nitrogen and oxygen atoms in total. The molecule has 0 aromatic rings. The van der Waals surface area contributed by atoms with Crippen molar-refractivity contribution in [1.29, 1.82) is 0 Å². The summed E-state index contributed by atoms with van der Waals surface area (Å²) in [4.78, 5) is 25.3. The van der Waals surface area contributed by atoms with Crippen molar-refractivity contribution < 1.29 is 14.7 Å². The largest absolute Gasteiger partial charge is 0.480 e. The molecule has 1 atom stereocenters. The van der Waals surface area contributed by atoms with E-state index in [4.69, 9.17) is 28.3 Å². The van der Waals surface area contributed by atoms with E-state index < -0.39 is 18.4 Å². The van der Waals surface area contributed by atoms with Crippen molar-refractivity contribution in [2.45, 2.75) is 32.2 Å². The summed E-state index contributed by atoms with van der Waals surface area (Å²) in [6.07, 6.45) is 2.66. The second kappa shape index (κ2) is 9.89. The van der Waals surface area contributed by atoms with Gasteiger partial charge in [-0.2, -0.15) is 0 Å². The number of likely N-dealkylation sites (N-methyl/N-ethyl adjacent to an activating group) is 1. The number of nitrogens with zero attached hydrogens (tertiary/aromatic N) is 2. The summed E-state index contributed by atoms with van der Waals surface area (Å²) in [6, 6.07) is -0.849. The van der Waals surface area contributed by atoms with Crippen LogP contribution in [0.1, 0.15) is 26.2 Å². The summed E-state index contributed by atoms with van der Waals surface area (Å²) < 4.78 is 0. The number of carboxylic acids is 1. The van der Waals surface area contributed by atoms with Crippen LogP contribution in [0.5, 0.6) is 0 Å². The van der Waals surface area contributed by atoms with E-state index in [1.807, 2.05) is 0 Å². The Bertz CT molecular complexity index is 319. The Morgan fingerprint density at radius 3 is 2.40 bits per heavy atom. The van der Waals surface area contributed by atoms with Gasteiger partial charge in [-0.1, -0.05) is 19.8 Å². The van der Waals surface area contributed by atoms with E-state index in [9.17, 15) is 9.59 Å². The SMILES string of the molecule is CCCCCN1C[C@@H](C(=O)O)N(C)C1=O.[B][B]B([B])[B]. The summed E-state index contributed by atoms with van der Waals surface area (Å²) in [5.74, 6) is -0.927. The predicted octanol–water partition coefficient (Wildman–Crippen LogP) is -0.907. The number of carbonyl (C=O) groups excluding carboxylic acids is 1. The summed E-state index contributed by atoms with van der Waals surface area (Å²) >= 11 is 0. The van der Waals surface area contributed by atoms with Crippen LogP contribution in [0, 0.1) is 0 Å². The number of carbonyl (C=O) groups is 2. The Morgan fingerprint density at radius 1 is 1.50 bits per heavy atom. The molecule has 7 radical (unpaired) electrons. The third-order valence-corrected chi connectivity index (χ3v) is 2.97. The minimum Gasteiger partial charge on any atom is -0.480 e. The predicted molar refractivity (Wildman–Crippen MR) is 84.5 cm³/mol. The fraction of sp³-hybridized carbons (Fsp3) is 0.800. The molecule has 1 saturated heterocycles. The van der Waals surface area contributed by atoms with E-state index in [2.05, 4.69) is 6.92 Å². The molecule has 1 rings (SSSR count). The first-order chi connectivity index (χ1) is 9.34. The van der Waals surface area contributed by atoms with Gasteiger partial charge in [0.1, 0.15) is 6.04 Å². The molecule has 0 aromatic carbocycles. The molecule has 0 spiro atoms. The topological polar surface area (TPSA) is 60.9 Å². The normalized spacial score (nSPS) is 17.5. The fourth-order valence-corrected chi connectivity index (χ4v) is 1.75. The van der Waals surface area contributed by atoms with Crippen LogP contribution in [0.3, 0.4) is 0 Å². The van der Waals surface area contributed by atoms with Crippen molar-refractivity contribution in [2.24, 2.45) is 0 Å². The summed E-state index contributed by atoms with van der Waals surface area (Å²) in [5.41, 5.74) is 0. The van der Waals surface area contributed by atoms with Crippen LogP contribution in [-0.4, -0.2) is 89.7 Å². The third kappa shape index (κ3) is 6.48. The van der Waals surface area contributed by atoms with Crippen LogP contribution in [0.4, 0.5) is 4.79 Å². The van der Waals surface area contributed by atoms with E-state index in [1.54, 1.807) is 11.9 Å². The molecule has 10 heteroatoms. The number of rotatable bonds is 6. The Labute approximate surface area is 126 Å². The second-order valence-corrected chi connectivity index (χ2v) is 4.67. The molecule has 0 unspecified atom stereocenters. The third-order valence-electron chi connectivity index (χ3n) is 2.97. The quantitative estimate of drug-likeness (QED) is 0.501. The standard InChI is InChI=1S/C10H18N2O3.B5/c1-3-4-5-6-12-7-8(9(13)14)11(2)10(12)15;1-4-5(2)3/h8H,3-7H2,1-2H3,(H,13,14);/t8-;/m0./s1. The highest BCUT2D eigenvalue weighted by atomic mass is 16.4. The minimum atomic E-state index is -0.927. The summed E-state index contributed by atoms with van der Waals surface area (Å²) in [7, 11) is 17.3. The molecule has 1 fully saturated rings. The highest BCUT2D eigenvalue weighted by molar-refractivity contribution is 7.60. The lowest BCUT2D eigenvalue weighted by atomic mass is 8.97. The second-order valence-electron chi connectivity index (χ2n) is 4.67. The zero-order chi connectivity index (χ0) is 15.7.